The largest absolute Gasteiger partial charge is 0.370 e. The maximum absolute atomic E-state index is 12.8. The van der Waals surface area contributed by atoms with Crippen molar-refractivity contribution >= 4 is 17.5 Å². The molecule has 6 nitrogen and oxygen atoms in total. The fourth-order valence-electron chi connectivity index (χ4n) is 2.80. The summed E-state index contributed by atoms with van der Waals surface area (Å²) in [5.74, 6) is -0.306. The molecule has 1 N–H and O–H groups in total. The van der Waals surface area contributed by atoms with E-state index < -0.39 is 5.56 Å². The van der Waals surface area contributed by atoms with Crippen LogP contribution < -0.4 is 5.56 Å². The fraction of sp³-hybridized carbons (Fsp3) is 0.353. The second kappa shape index (κ2) is 6.75. The van der Waals surface area contributed by atoms with Crippen LogP contribution in [0.2, 0.25) is 5.02 Å². The van der Waals surface area contributed by atoms with Crippen molar-refractivity contribution in [3.8, 4) is 0 Å². The van der Waals surface area contributed by atoms with Gasteiger partial charge in [-0.1, -0.05) is 29.8 Å². The van der Waals surface area contributed by atoms with Gasteiger partial charge in [0.25, 0.3) is 11.5 Å². The number of hydrogen-bond acceptors (Lipinski definition) is 4. The van der Waals surface area contributed by atoms with Gasteiger partial charge in [-0.05, 0) is 25.5 Å². The van der Waals surface area contributed by atoms with Crippen molar-refractivity contribution in [2.24, 2.45) is 0 Å². The van der Waals surface area contributed by atoms with E-state index in [1.165, 1.54) is 0 Å². The molecule has 2 heterocycles. The van der Waals surface area contributed by atoms with Gasteiger partial charge in [0.15, 0.2) is 0 Å². The molecule has 7 heteroatoms. The minimum absolute atomic E-state index is 0.141. The third-order valence-corrected chi connectivity index (χ3v) is 4.63. The standard InChI is InChI=1S/C17H18ClN3O3/c1-10-11(2)19-20-16(22)15(10)17(23)21-7-8-24-14(9-21)12-5-3-4-6-13(12)18/h3-6,14H,7-9H2,1-2H3,(H,20,22)/t14-/m0/s1. The third kappa shape index (κ3) is 3.07. The summed E-state index contributed by atoms with van der Waals surface area (Å²) in [5.41, 5.74) is 1.75. The van der Waals surface area contributed by atoms with Crippen molar-refractivity contribution < 1.29 is 9.53 Å². The highest BCUT2D eigenvalue weighted by molar-refractivity contribution is 6.31. The van der Waals surface area contributed by atoms with Gasteiger partial charge in [-0.25, -0.2) is 5.10 Å². The van der Waals surface area contributed by atoms with Crippen LogP contribution in [0, 0.1) is 13.8 Å². The van der Waals surface area contributed by atoms with Gasteiger partial charge >= 0.3 is 0 Å². The number of carbonyl (C=O) groups excluding carboxylic acids is 1. The number of benzene rings is 1. The Morgan fingerprint density at radius 1 is 1.38 bits per heavy atom. The van der Waals surface area contributed by atoms with E-state index in [4.69, 9.17) is 16.3 Å². The van der Waals surface area contributed by atoms with Crippen molar-refractivity contribution in [2.75, 3.05) is 19.7 Å². The van der Waals surface area contributed by atoms with E-state index in [-0.39, 0.29) is 17.6 Å². The second-order valence-corrected chi connectivity index (χ2v) is 6.18. The second-order valence-electron chi connectivity index (χ2n) is 5.77. The van der Waals surface area contributed by atoms with Gasteiger partial charge in [-0.3, -0.25) is 9.59 Å². The van der Waals surface area contributed by atoms with Gasteiger partial charge in [0.05, 0.1) is 18.8 Å². The number of nitrogens with one attached hydrogen (secondary N) is 1. The Hall–Kier alpha value is -2.18. The summed E-state index contributed by atoms with van der Waals surface area (Å²) < 4.78 is 5.77. The minimum atomic E-state index is -0.469. The maximum atomic E-state index is 12.8. The first-order valence-electron chi connectivity index (χ1n) is 7.70. The van der Waals surface area contributed by atoms with Crippen LogP contribution in [0.25, 0.3) is 0 Å². The average Bonchev–Trinajstić information content (AvgIpc) is 2.59. The van der Waals surface area contributed by atoms with Crippen LogP contribution in [0.1, 0.15) is 33.3 Å². The number of aryl methyl sites for hydroxylation is 1. The highest BCUT2D eigenvalue weighted by Crippen LogP contribution is 2.28. The molecule has 0 saturated carbocycles. The van der Waals surface area contributed by atoms with E-state index in [0.717, 1.165) is 5.56 Å². The normalized spacial score (nSPS) is 17.8. The molecule has 1 fully saturated rings. The quantitative estimate of drug-likeness (QED) is 0.904. The van der Waals surface area contributed by atoms with Crippen molar-refractivity contribution in [1.82, 2.24) is 15.1 Å². The summed E-state index contributed by atoms with van der Waals surface area (Å²) >= 11 is 6.23. The zero-order chi connectivity index (χ0) is 17.3. The van der Waals surface area contributed by atoms with E-state index in [1.807, 2.05) is 18.2 Å². The average molecular weight is 348 g/mol. The van der Waals surface area contributed by atoms with Crippen molar-refractivity contribution in [1.29, 1.82) is 0 Å². The molecule has 2 aromatic rings. The van der Waals surface area contributed by atoms with Crippen LogP contribution >= 0.6 is 11.6 Å². The monoisotopic (exact) mass is 347 g/mol. The summed E-state index contributed by atoms with van der Waals surface area (Å²) in [5, 5.41) is 6.87. The number of amides is 1. The van der Waals surface area contributed by atoms with Gasteiger partial charge in [0.1, 0.15) is 11.7 Å². The van der Waals surface area contributed by atoms with Crippen LogP contribution in [-0.4, -0.2) is 40.7 Å². The number of ether oxygens (including phenoxy) is 1. The molecule has 0 aliphatic carbocycles. The van der Waals surface area contributed by atoms with Gasteiger partial charge in [0.2, 0.25) is 0 Å². The highest BCUT2D eigenvalue weighted by Gasteiger charge is 2.29. The summed E-state index contributed by atoms with van der Waals surface area (Å²) in [6, 6.07) is 7.41. The first-order chi connectivity index (χ1) is 11.5. The predicted molar refractivity (Wildman–Crippen MR) is 90.4 cm³/mol. The molecule has 3 rings (SSSR count). The molecule has 1 aromatic heterocycles. The Bertz CT molecular complexity index is 834. The van der Waals surface area contributed by atoms with Crippen molar-refractivity contribution in [3.05, 3.63) is 62.0 Å². The van der Waals surface area contributed by atoms with Crippen LogP contribution in [0.15, 0.2) is 29.1 Å². The number of H-pyrrole nitrogens is 1. The van der Waals surface area contributed by atoms with Crippen LogP contribution in [0.5, 0.6) is 0 Å². The molecule has 1 amide bonds. The minimum Gasteiger partial charge on any atom is -0.370 e. The van der Waals surface area contributed by atoms with Crippen molar-refractivity contribution in [3.63, 3.8) is 0 Å². The zero-order valence-corrected chi connectivity index (χ0v) is 14.3. The molecule has 1 aliphatic rings. The number of aromatic amines is 1. The molecular formula is C17H18ClN3O3. The van der Waals surface area contributed by atoms with Crippen molar-refractivity contribution in [2.45, 2.75) is 20.0 Å². The number of morpholine rings is 1. The highest BCUT2D eigenvalue weighted by atomic mass is 35.5. The molecule has 0 unspecified atom stereocenters. The van der Waals surface area contributed by atoms with E-state index in [1.54, 1.807) is 24.8 Å². The van der Waals surface area contributed by atoms with E-state index >= 15 is 0 Å². The molecule has 0 bridgehead atoms. The van der Waals surface area contributed by atoms with Gasteiger partial charge < -0.3 is 9.64 Å². The number of nitrogens with zero attached hydrogens (tertiary/aromatic N) is 2. The Morgan fingerprint density at radius 3 is 2.88 bits per heavy atom. The molecule has 1 aromatic carbocycles. The SMILES string of the molecule is Cc1n[nH]c(=O)c(C(=O)N2CCO[C@H](c3ccccc3Cl)C2)c1C. The predicted octanol–water partition coefficient (Wildman–Crippen LogP) is 2.25. The lowest BCUT2D eigenvalue weighted by Gasteiger charge is -2.33. The maximum Gasteiger partial charge on any atom is 0.277 e. The number of aromatic nitrogens is 2. The summed E-state index contributed by atoms with van der Waals surface area (Å²) in [6.07, 6.45) is -0.307. The van der Waals surface area contributed by atoms with E-state index in [0.29, 0.717) is 36.0 Å². The van der Waals surface area contributed by atoms with E-state index in [2.05, 4.69) is 10.2 Å². The molecular weight excluding hydrogens is 330 g/mol. The summed E-state index contributed by atoms with van der Waals surface area (Å²) in [6.45, 7) is 4.66. The first-order valence-corrected chi connectivity index (χ1v) is 8.08. The van der Waals surface area contributed by atoms with E-state index in [9.17, 15) is 9.59 Å². The van der Waals surface area contributed by atoms with Crippen LogP contribution in [0.4, 0.5) is 0 Å². The molecule has 1 atom stereocenters. The Balaban J connectivity index is 1.88. The molecule has 0 radical (unpaired) electrons. The lowest BCUT2D eigenvalue weighted by Crippen LogP contribution is -2.44. The topological polar surface area (TPSA) is 75.3 Å². The molecule has 1 aliphatic heterocycles. The van der Waals surface area contributed by atoms with Gasteiger partial charge in [0, 0.05) is 17.1 Å². The molecule has 24 heavy (non-hydrogen) atoms. The lowest BCUT2D eigenvalue weighted by atomic mass is 10.1. The number of rotatable bonds is 2. The van der Waals surface area contributed by atoms with Crippen LogP contribution in [-0.2, 0) is 4.74 Å². The Morgan fingerprint density at radius 2 is 2.12 bits per heavy atom. The molecule has 0 spiro atoms. The Kier molecular flexibility index (Phi) is 4.69. The molecule has 126 valence electrons. The number of hydrogen-bond donors (Lipinski definition) is 1. The smallest absolute Gasteiger partial charge is 0.277 e. The summed E-state index contributed by atoms with van der Waals surface area (Å²) in [4.78, 5) is 26.5. The lowest BCUT2D eigenvalue weighted by molar-refractivity contribution is -0.0228. The third-order valence-electron chi connectivity index (χ3n) is 4.29. The first kappa shape index (κ1) is 16.7. The van der Waals surface area contributed by atoms with Crippen LogP contribution in [0.3, 0.4) is 0 Å². The number of carbonyl (C=O) groups is 1. The zero-order valence-electron chi connectivity index (χ0n) is 13.5. The van der Waals surface area contributed by atoms with Gasteiger partial charge in [-0.15, -0.1) is 0 Å². The Labute approximate surface area is 144 Å². The summed E-state index contributed by atoms with van der Waals surface area (Å²) in [7, 11) is 0. The van der Waals surface area contributed by atoms with Gasteiger partial charge in [-0.2, -0.15) is 5.10 Å². The number of halogens is 1. The fourth-order valence-corrected chi connectivity index (χ4v) is 3.06. The molecule has 1 saturated heterocycles.